The van der Waals surface area contributed by atoms with Crippen LogP contribution in [0.2, 0.25) is 0 Å². The van der Waals surface area contributed by atoms with Crippen LogP contribution >= 0.6 is 0 Å². The van der Waals surface area contributed by atoms with Gasteiger partial charge in [0.25, 0.3) is 0 Å². The minimum absolute atomic E-state index is 0.211. The van der Waals surface area contributed by atoms with Crippen molar-refractivity contribution in [2.75, 3.05) is 37.7 Å². The molecule has 0 spiro atoms. The Morgan fingerprint density at radius 2 is 2.00 bits per heavy atom. The molecule has 5 nitrogen and oxygen atoms in total. The van der Waals surface area contributed by atoms with Crippen molar-refractivity contribution in [3.8, 4) is 6.07 Å². The van der Waals surface area contributed by atoms with Gasteiger partial charge in [-0.15, -0.1) is 0 Å². The molecule has 1 aliphatic heterocycles. The lowest BCUT2D eigenvalue weighted by Gasteiger charge is -2.33. The zero-order valence-corrected chi connectivity index (χ0v) is 11.4. The van der Waals surface area contributed by atoms with Crippen LogP contribution in [0.15, 0.2) is 0 Å². The van der Waals surface area contributed by atoms with Gasteiger partial charge in [0.15, 0.2) is 9.84 Å². The molecule has 6 heteroatoms. The highest BCUT2D eigenvalue weighted by molar-refractivity contribution is 7.91. The summed E-state index contributed by atoms with van der Waals surface area (Å²) in [6.07, 6.45) is 0.978. The SMILES string of the molecule is CCCNC(C)(C#N)CN1CCS(=O)(=O)CC1. The summed E-state index contributed by atoms with van der Waals surface area (Å²) in [5.74, 6) is 0.421. The van der Waals surface area contributed by atoms with E-state index in [4.69, 9.17) is 0 Å². The number of hydrogen-bond donors (Lipinski definition) is 1. The van der Waals surface area contributed by atoms with E-state index in [1.165, 1.54) is 0 Å². The largest absolute Gasteiger partial charge is 0.299 e. The summed E-state index contributed by atoms with van der Waals surface area (Å²) in [7, 11) is -2.84. The van der Waals surface area contributed by atoms with Crippen molar-refractivity contribution in [1.82, 2.24) is 10.2 Å². The number of nitrogens with one attached hydrogen (secondary N) is 1. The number of hydrogen-bond acceptors (Lipinski definition) is 5. The average Bonchev–Trinajstić information content (AvgIpc) is 2.30. The Bertz CT molecular complexity index is 374. The Hall–Kier alpha value is -0.640. The molecule has 0 bridgehead atoms. The molecule has 1 unspecified atom stereocenters. The van der Waals surface area contributed by atoms with Crippen molar-refractivity contribution in [2.45, 2.75) is 25.8 Å². The molecular weight excluding hydrogens is 238 g/mol. The zero-order valence-electron chi connectivity index (χ0n) is 10.6. The van der Waals surface area contributed by atoms with Crippen LogP contribution in [-0.2, 0) is 9.84 Å². The predicted octanol–water partition coefficient (Wildman–Crippen LogP) is -0.00132. The van der Waals surface area contributed by atoms with Gasteiger partial charge in [-0.05, 0) is 19.9 Å². The number of rotatable bonds is 5. The van der Waals surface area contributed by atoms with Crippen molar-refractivity contribution in [3.63, 3.8) is 0 Å². The number of nitriles is 1. The molecule has 0 saturated carbocycles. The van der Waals surface area contributed by atoms with Gasteiger partial charge in [0.1, 0.15) is 5.54 Å². The van der Waals surface area contributed by atoms with Crippen LogP contribution in [0, 0.1) is 11.3 Å². The molecule has 1 heterocycles. The summed E-state index contributed by atoms with van der Waals surface area (Å²) in [5, 5.41) is 12.4. The molecule has 1 atom stereocenters. The Balaban J connectivity index is 2.50. The lowest BCUT2D eigenvalue weighted by Crippen LogP contribution is -2.53. The molecule has 0 amide bonds. The lowest BCUT2D eigenvalue weighted by atomic mass is 10.0. The summed E-state index contributed by atoms with van der Waals surface area (Å²) < 4.78 is 22.6. The normalized spacial score (nSPS) is 23.8. The Kier molecular flexibility index (Phi) is 4.92. The summed E-state index contributed by atoms with van der Waals surface area (Å²) in [4.78, 5) is 2.05. The quantitative estimate of drug-likeness (QED) is 0.752. The van der Waals surface area contributed by atoms with Crippen LogP contribution < -0.4 is 5.32 Å². The molecule has 0 aliphatic carbocycles. The molecule has 0 radical (unpaired) electrons. The van der Waals surface area contributed by atoms with Crippen LogP contribution in [-0.4, -0.2) is 56.5 Å². The van der Waals surface area contributed by atoms with Crippen molar-refractivity contribution in [2.24, 2.45) is 0 Å². The molecular formula is C11H21N3O2S. The molecule has 0 aromatic rings. The molecule has 1 N–H and O–H groups in total. The smallest absolute Gasteiger partial charge is 0.152 e. The third-order valence-electron chi connectivity index (χ3n) is 2.99. The van der Waals surface area contributed by atoms with E-state index in [0.29, 0.717) is 19.6 Å². The van der Waals surface area contributed by atoms with Crippen molar-refractivity contribution >= 4 is 9.84 Å². The van der Waals surface area contributed by atoms with Crippen LogP contribution in [0.1, 0.15) is 20.3 Å². The first-order chi connectivity index (χ1) is 7.91. The van der Waals surface area contributed by atoms with E-state index in [2.05, 4.69) is 18.3 Å². The monoisotopic (exact) mass is 259 g/mol. The maximum atomic E-state index is 11.3. The average molecular weight is 259 g/mol. The van der Waals surface area contributed by atoms with Gasteiger partial charge in [-0.2, -0.15) is 5.26 Å². The second-order valence-electron chi connectivity index (χ2n) is 4.80. The van der Waals surface area contributed by atoms with Crippen LogP contribution in [0.4, 0.5) is 0 Å². The van der Waals surface area contributed by atoms with Gasteiger partial charge in [0.2, 0.25) is 0 Å². The predicted molar refractivity (Wildman–Crippen MR) is 67.4 cm³/mol. The van der Waals surface area contributed by atoms with Crippen LogP contribution in [0.25, 0.3) is 0 Å². The Labute approximate surface area is 104 Å². The molecule has 98 valence electrons. The van der Waals surface area contributed by atoms with Gasteiger partial charge in [0.05, 0.1) is 17.6 Å². The van der Waals surface area contributed by atoms with Gasteiger partial charge in [0, 0.05) is 19.6 Å². The molecule has 17 heavy (non-hydrogen) atoms. The fourth-order valence-electron chi connectivity index (χ4n) is 1.89. The van der Waals surface area contributed by atoms with E-state index < -0.39 is 15.4 Å². The molecule has 1 aliphatic rings. The van der Waals surface area contributed by atoms with E-state index in [-0.39, 0.29) is 11.5 Å². The van der Waals surface area contributed by atoms with Gasteiger partial charge in [-0.25, -0.2) is 8.42 Å². The van der Waals surface area contributed by atoms with E-state index >= 15 is 0 Å². The second-order valence-corrected chi connectivity index (χ2v) is 7.10. The summed E-state index contributed by atoms with van der Waals surface area (Å²) >= 11 is 0. The highest BCUT2D eigenvalue weighted by atomic mass is 32.2. The van der Waals surface area contributed by atoms with Crippen LogP contribution in [0.5, 0.6) is 0 Å². The maximum Gasteiger partial charge on any atom is 0.152 e. The first-order valence-electron chi connectivity index (χ1n) is 6.00. The Morgan fingerprint density at radius 1 is 1.41 bits per heavy atom. The molecule has 1 rings (SSSR count). The van der Waals surface area contributed by atoms with Crippen molar-refractivity contribution in [1.29, 1.82) is 5.26 Å². The first-order valence-corrected chi connectivity index (χ1v) is 7.82. The third kappa shape index (κ3) is 4.62. The lowest BCUT2D eigenvalue weighted by molar-refractivity contribution is 0.234. The zero-order chi connectivity index (χ0) is 12.9. The van der Waals surface area contributed by atoms with Crippen molar-refractivity contribution in [3.05, 3.63) is 0 Å². The van der Waals surface area contributed by atoms with Crippen molar-refractivity contribution < 1.29 is 8.42 Å². The van der Waals surface area contributed by atoms with Gasteiger partial charge in [-0.3, -0.25) is 10.2 Å². The standard InChI is InChI=1S/C11H21N3O2S/c1-3-4-13-11(2,9-12)10-14-5-7-17(15,16)8-6-14/h13H,3-8,10H2,1-2H3. The molecule has 0 aromatic heterocycles. The minimum atomic E-state index is -2.84. The number of sulfone groups is 1. The minimum Gasteiger partial charge on any atom is -0.299 e. The topological polar surface area (TPSA) is 73.2 Å². The molecule has 1 saturated heterocycles. The fraction of sp³-hybridized carbons (Fsp3) is 0.909. The molecule has 1 fully saturated rings. The van der Waals surface area contributed by atoms with E-state index in [9.17, 15) is 13.7 Å². The molecule has 0 aromatic carbocycles. The first kappa shape index (κ1) is 14.4. The summed E-state index contributed by atoms with van der Waals surface area (Å²) in [5.41, 5.74) is -0.586. The fourth-order valence-corrected chi connectivity index (χ4v) is 3.16. The third-order valence-corrected chi connectivity index (χ3v) is 4.60. The second kappa shape index (κ2) is 5.80. The maximum absolute atomic E-state index is 11.3. The highest BCUT2D eigenvalue weighted by Gasteiger charge is 2.29. The Morgan fingerprint density at radius 3 is 2.47 bits per heavy atom. The van der Waals surface area contributed by atoms with Gasteiger partial charge >= 0.3 is 0 Å². The van der Waals surface area contributed by atoms with Gasteiger partial charge < -0.3 is 0 Å². The van der Waals surface area contributed by atoms with E-state index in [1.54, 1.807) is 0 Å². The summed E-state index contributed by atoms with van der Waals surface area (Å²) in [6.45, 7) is 6.38. The van der Waals surface area contributed by atoms with Crippen LogP contribution in [0.3, 0.4) is 0 Å². The number of nitrogens with zero attached hydrogens (tertiary/aromatic N) is 2. The highest BCUT2D eigenvalue weighted by Crippen LogP contribution is 2.10. The van der Waals surface area contributed by atoms with E-state index in [1.807, 2.05) is 11.8 Å². The van der Waals surface area contributed by atoms with Gasteiger partial charge in [-0.1, -0.05) is 6.92 Å². The summed E-state index contributed by atoms with van der Waals surface area (Å²) in [6, 6.07) is 2.28. The van der Waals surface area contributed by atoms with E-state index in [0.717, 1.165) is 13.0 Å².